The zero-order valence-electron chi connectivity index (χ0n) is 16.5. The van der Waals surface area contributed by atoms with Gasteiger partial charge in [0.1, 0.15) is 11.9 Å². The highest BCUT2D eigenvalue weighted by molar-refractivity contribution is 7.80. The van der Waals surface area contributed by atoms with Gasteiger partial charge in [0.05, 0.1) is 11.7 Å². The molecule has 0 unspecified atom stereocenters. The van der Waals surface area contributed by atoms with E-state index in [-0.39, 0.29) is 12.1 Å². The molecule has 30 heavy (non-hydrogen) atoms. The van der Waals surface area contributed by atoms with Crippen molar-refractivity contribution in [2.45, 2.75) is 19.0 Å². The Morgan fingerprint density at radius 2 is 1.73 bits per heavy atom. The molecule has 4 heterocycles. The van der Waals surface area contributed by atoms with Crippen LogP contribution in [0.15, 0.2) is 91.4 Å². The summed E-state index contributed by atoms with van der Waals surface area (Å²) in [6, 6.07) is 24.4. The zero-order valence-corrected chi connectivity index (χ0v) is 17.3. The average Bonchev–Trinajstić information content (AvgIpc) is 3.39. The molecule has 0 aliphatic carbocycles. The van der Waals surface area contributed by atoms with Gasteiger partial charge in [-0.25, -0.2) is 4.98 Å². The fraction of sp³-hybridized carbons (Fsp3) is 0.125. The van der Waals surface area contributed by atoms with Crippen LogP contribution < -0.4 is 10.2 Å². The van der Waals surface area contributed by atoms with Crippen molar-refractivity contribution in [2.24, 2.45) is 0 Å². The van der Waals surface area contributed by atoms with E-state index in [1.165, 1.54) is 5.56 Å². The molecule has 2 atom stereocenters. The van der Waals surface area contributed by atoms with E-state index in [1.807, 2.05) is 55.0 Å². The summed E-state index contributed by atoms with van der Waals surface area (Å²) in [5.74, 6) is 0.874. The highest BCUT2D eigenvalue weighted by Gasteiger charge is 2.42. The van der Waals surface area contributed by atoms with Crippen LogP contribution in [0.2, 0.25) is 0 Å². The number of aryl methyl sites for hydroxylation is 1. The first-order valence-corrected chi connectivity index (χ1v) is 10.3. The first kappa shape index (κ1) is 18.5. The molecule has 0 spiro atoms. The van der Waals surface area contributed by atoms with Gasteiger partial charge in [-0.15, -0.1) is 0 Å². The van der Waals surface area contributed by atoms with E-state index in [0.717, 1.165) is 22.9 Å². The standard InChI is InChI=1S/C24H21N5S/c1-17-8-6-9-18(16-17)29-23(22(27-24(29)30)19-10-2-4-13-25-19)20-11-7-15-28(20)21-12-3-5-14-26-21/h2-16,22-23H,1H3,(H,27,30)/t22-,23+/m0/s1. The molecule has 6 heteroatoms. The molecule has 0 radical (unpaired) electrons. The highest BCUT2D eigenvalue weighted by Crippen LogP contribution is 2.42. The quantitative estimate of drug-likeness (QED) is 0.491. The van der Waals surface area contributed by atoms with Crippen LogP contribution in [0.1, 0.15) is 29.0 Å². The van der Waals surface area contributed by atoms with Gasteiger partial charge < -0.3 is 14.8 Å². The van der Waals surface area contributed by atoms with E-state index in [1.54, 1.807) is 0 Å². The molecule has 5 nitrogen and oxygen atoms in total. The molecule has 148 valence electrons. The van der Waals surface area contributed by atoms with E-state index in [4.69, 9.17) is 12.2 Å². The zero-order chi connectivity index (χ0) is 20.5. The van der Waals surface area contributed by atoms with Gasteiger partial charge in [-0.05, 0) is 73.2 Å². The maximum absolute atomic E-state index is 5.82. The van der Waals surface area contributed by atoms with Crippen molar-refractivity contribution < 1.29 is 0 Å². The molecule has 1 saturated heterocycles. The number of hydrogen-bond donors (Lipinski definition) is 1. The van der Waals surface area contributed by atoms with Gasteiger partial charge in [-0.3, -0.25) is 4.98 Å². The average molecular weight is 412 g/mol. The Labute approximate surface area is 181 Å². The van der Waals surface area contributed by atoms with Gasteiger partial charge in [0.2, 0.25) is 0 Å². The molecule has 0 bridgehead atoms. The normalized spacial score (nSPS) is 18.4. The number of thiocarbonyl (C=S) groups is 1. The Balaban J connectivity index is 1.68. The summed E-state index contributed by atoms with van der Waals surface area (Å²) in [6.45, 7) is 2.10. The number of rotatable bonds is 4. The van der Waals surface area contributed by atoms with Crippen LogP contribution >= 0.6 is 12.2 Å². The number of nitrogens with zero attached hydrogens (tertiary/aromatic N) is 4. The number of hydrogen-bond acceptors (Lipinski definition) is 3. The van der Waals surface area contributed by atoms with Crippen LogP contribution in [0.3, 0.4) is 0 Å². The van der Waals surface area contributed by atoms with Crippen molar-refractivity contribution >= 4 is 23.0 Å². The van der Waals surface area contributed by atoms with Crippen molar-refractivity contribution in [1.29, 1.82) is 0 Å². The lowest BCUT2D eigenvalue weighted by Gasteiger charge is -2.29. The van der Waals surface area contributed by atoms with Gasteiger partial charge in [0.15, 0.2) is 5.11 Å². The molecular weight excluding hydrogens is 390 g/mol. The molecule has 4 aromatic rings. The van der Waals surface area contributed by atoms with Crippen LogP contribution in [0.5, 0.6) is 0 Å². The Bertz CT molecular complexity index is 1170. The summed E-state index contributed by atoms with van der Waals surface area (Å²) in [5.41, 5.74) is 4.30. The van der Waals surface area contributed by atoms with Gasteiger partial charge in [0, 0.05) is 30.0 Å². The second kappa shape index (κ2) is 7.72. The minimum Gasteiger partial charge on any atom is -0.351 e. The highest BCUT2D eigenvalue weighted by atomic mass is 32.1. The fourth-order valence-electron chi connectivity index (χ4n) is 4.05. The van der Waals surface area contributed by atoms with Crippen molar-refractivity contribution in [1.82, 2.24) is 19.9 Å². The number of nitrogens with one attached hydrogen (secondary N) is 1. The summed E-state index contributed by atoms with van der Waals surface area (Å²) in [5, 5.41) is 4.21. The van der Waals surface area contributed by atoms with E-state index >= 15 is 0 Å². The second-order valence-electron chi connectivity index (χ2n) is 7.33. The Hall–Kier alpha value is -3.51. The van der Waals surface area contributed by atoms with Crippen LogP contribution in [0.25, 0.3) is 5.82 Å². The van der Waals surface area contributed by atoms with Crippen molar-refractivity contribution in [3.63, 3.8) is 0 Å². The van der Waals surface area contributed by atoms with E-state index in [0.29, 0.717) is 5.11 Å². The minimum atomic E-state index is -0.0865. The maximum atomic E-state index is 5.82. The van der Waals surface area contributed by atoms with Gasteiger partial charge in [0.25, 0.3) is 0 Å². The third-order valence-electron chi connectivity index (χ3n) is 5.36. The van der Waals surface area contributed by atoms with E-state index in [2.05, 4.69) is 68.1 Å². The molecule has 5 rings (SSSR count). The minimum absolute atomic E-state index is 0.0776. The van der Waals surface area contributed by atoms with Gasteiger partial charge >= 0.3 is 0 Å². The third kappa shape index (κ3) is 3.25. The summed E-state index contributed by atoms with van der Waals surface area (Å²) in [7, 11) is 0. The molecule has 1 aliphatic heterocycles. The summed E-state index contributed by atoms with van der Waals surface area (Å²) < 4.78 is 2.12. The molecule has 1 aliphatic rings. The predicted octanol–water partition coefficient (Wildman–Crippen LogP) is 4.75. The van der Waals surface area contributed by atoms with Crippen LogP contribution in [-0.4, -0.2) is 19.6 Å². The molecule has 1 aromatic carbocycles. The molecule has 1 N–H and O–H groups in total. The first-order chi connectivity index (χ1) is 14.7. The molecular formula is C24H21N5S. The van der Waals surface area contributed by atoms with Gasteiger partial charge in [-0.2, -0.15) is 0 Å². The Kier molecular flexibility index (Phi) is 4.77. The van der Waals surface area contributed by atoms with Crippen LogP contribution in [-0.2, 0) is 0 Å². The molecule has 0 saturated carbocycles. The smallest absolute Gasteiger partial charge is 0.174 e. The number of anilines is 1. The summed E-state index contributed by atoms with van der Waals surface area (Å²) in [4.78, 5) is 11.4. The first-order valence-electron chi connectivity index (χ1n) is 9.88. The van der Waals surface area contributed by atoms with E-state index in [9.17, 15) is 0 Å². The lowest BCUT2D eigenvalue weighted by Crippen LogP contribution is -2.30. The fourth-order valence-corrected chi connectivity index (χ4v) is 4.40. The Morgan fingerprint density at radius 3 is 2.47 bits per heavy atom. The number of pyridine rings is 2. The van der Waals surface area contributed by atoms with Crippen molar-refractivity contribution in [3.8, 4) is 5.82 Å². The molecule has 0 amide bonds. The van der Waals surface area contributed by atoms with Crippen LogP contribution in [0, 0.1) is 6.92 Å². The predicted molar refractivity (Wildman–Crippen MR) is 123 cm³/mol. The lowest BCUT2D eigenvalue weighted by molar-refractivity contribution is 0.548. The van der Waals surface area contributed by atoms with Crippen molar-refractivity contribution in [2.75, 3.05) is 4.90 Å². The molecule has 3 aromatic heterocycles. The van der Waals surface area contributed by atoms with Crippen molar-refractivity contribution in [3.05, 3.63) is 108 Å². The largest absolute Gasteiger partial charge is 0.351 e. The Morgan fingerprint density at radius 1 is 0.900 bits per heavy atom. The third-order valence-corrected chi connectivity index (χ3v) is 5.67. The number of benzene rings is 1. The van der Waals surface area contributed by atoms with Crippen LogP contribution in [0.4, 0.5) is 5.69 Å². The second-order valence-corrected chi connectivity index (χ2v) is 7.71. The SMILES string of the molecule is Cc1cccc(N2C(=S)N[C@@H](c3ccccn3)[C@H]2c2cccn2-c2ccccn2)c1. The monoisotopic (exact) mass is 411 g/mol. The van der Waals surface area contributed by atoms with Gasteiger partial charge in [-0.1, -0.05) is 24.3 Å². The van der Waals surface area contributed by atoms with E-state index < -0.39 is 0 Å². The maximum Gasteiger partial charge on any atom is 0.174 e. The molecule has 1 fully saturated rings. The number of aromatic nitrogens is 3. The topological polar surface area (TPSA) is 46.0 Å². The summed E-state index contributed by atoms with van der Waals surface area (Å²) >= 11 is 5.82. The lowest BCUT2D eigenvalue weighted by atomic mass is 10.0. The summed E-state index contributed by atoms with van der Waals surface area (Å²) in [6.07, 6.45) is 5.68.